The summed E-state index contributed by atoms with van der Waals surface area (Å²) in [6, 6.07) is 0. The molecule has 0 rings (SSSR count). The SMILES string of the molecule is [CH2]C(I)(I)I. The molecule has 31 valence electrons. The molecule has 0 aromatic carbocycles. The van der Waals surface area contributed by atoms with Crippen molar-refractivity contribution in [2.45, 2.75) is -0.565 Å². The average Bonchev–Trinajstić information content (AvgIpc) is 0.722. The van der Waals surface area contributed by atoms with Crippen molar-refractivity contribution in [1.82, 2.24) is 0 Å². The first-order valence-electron chi connectivity index (χ1n) is 0.921. The van der Waals surface area contributed by atoms with Gasteiger partial charge in [0.2, 0.25) is 0 Å². The van der Waals surface area contributed by atoms with Gasteiger partial charge in [0, 0.05) is 0 Å². The van der Waals surface area contributed by atoms with E-state index in [1.54, 1.807) is 0 Å². The van der Waals surface area contributed by atoms with E-state index in [-0.39, 0.29) is -0.565 Å². The quantitative estimate of drug-likeness (QED) is 0.429. The summed E-state index contributed by atoms with van der Waals surface area (Å²) in [7, 11) is 0. The van der Waals surface area contributed by atoms with E-state index < -0.39 is 0 Å². The van der Waals surface area contributed by atoms with Gasteiger partial charge in [0.05, 0.1) is 0 Å². The number of halogens is 3. The molecule has 0 nitrogen and oxygen atoms in total. The highest BCUT2D eigenvalue weighted by atomic mass is 127. The number of hydrogen-bond donors (Lipinski definition) is 0. The summed E-state index contributed by atoms with van der Waals surface area (Å²) in [5, 5.41) is 0. The van der Waals surface area contributed by atoms with Gasteiger partial charge >= 0.3 is 0 Å². The van der Waals surface area contributed by atoms with E-state index in [1.807, 2.05) is 0 Å². The minimum atomic E-state index is 0.160. The standard InChI is InChI=1S/C2H2I3/c1-2(3,4)5/h1H2. The lowest BCUT2D eigenvalue weighted by molar-refractivity contribution is 1.80. The van der Waals surface area contributed by atoms with Gasteiger partial charge in [-0.15, -0.1) is 0 Å². The number of alkyl halides is 3. The molecule has 0 saturated carbocycles. The molecule has 0 atom stereocenters. The van der Waals surface area contributed by atoms with Crippen LogP contribution in [0.2, 0.25) is 0 Å². The Morgan fingerprint density at radius 2 is 1.20 bits per heavy atom. The third kappa shape index (κ3) is 22.7. The third-order valence-electron chi connectivity index (χ3n) is 0. The number of rotatable bonds is 0. The van der Waals surface area contributed by atoms with Crippen molar-refractivity contribution in [2.24, 2.45) is 0 Å². The fourth-order valence-corrected chi connectivity index (χ4v) is 0. The van der Waals surface area contributed by atoms with Crippen LogP contribution in [0.4, 0.5) is 0 Å². The van der Waals surface area contributed by atoms with Gasteiger partial charge in [-0.1, -0.05) is 67.8 Å². The van der Waals surface area contributed by atoms with Crippen LogP contribution in [0, 0.1) is 6.92 Å². The van der Waals surface area contributed by atoms with Crippen molar-refractivity contribution in [3.8, 4) is 0 Å². The molecule has 0 aliphatic carbocycles. The van der Waals surface area contributed by atoms with Gasteiger partial charge in [0.15, 0.2) is 0 Å². The van der Waals surface area contributed by atoms with E-state index in [2.05, 4.69) is 74.7 Å². The lowest BCUT2D eigenvalue weighted by atomic mass is 11.0. The molecule has 0 unspecified atom stereocenters. The molecule has 0 saturated heterocycles. The summed E-state index contributed by atoms with van der Waals surface area (Å²) in [5.41, 5.74) is 0. The topological polar surface area (TPSA) is 0 Å². The van der Waals surface area contributed by atoms with Crippen molar-refractivity contribution >= 4 is 67.8 Å². The van der Waals surface area contributed by atoms with E-state index >= 15 is 0 Å². The fraction of sp³-hybridized carbons (Fsp3) is 0.500. The summed E-state index contributed by atoms with van der Waals surface area (Å²) < 4.78 is 0.160. The first-order chi connectivity index (χ1) is 2.00. The maximum Gasteiger partial charge on any atom is 0.124 e. The highest BCUT2D eigenvalue weighted by Crippen LogP contribution is 2.33. The predicted octanol–water partition coefficient (Wildman–Crippen LogP) is 2.78. The van der Waals surface area contributed by atoms with Gasteiger partial charge < -0.3 is 0 Å². The molecule has 0 bridgehead atoms. The summed E-state index contributed by atoms with van der Waals surface area (Å²) in [6.45, 7) is 3.73. The van der Waals surface area contributed by atoms with E-state index in [4.69, 9.17) is 0 Å². The molecule has 0 amide bonds. The molecule has 0 fully saturated rings. The lowest BCUT2D eigenvalue weighted by Crippen LogP contribution is -1.83. The molecule has 0 aliphatic rings. The second kappa shape index (κ2) is 2.49. The van der Waals surface area contributed by atoms with Gasteiger partial charge in [-0.3, -0.25) is 0 Å². The largest absolute Gasteiger partial charge is 0.124 e. The van der Waals surface area contributed by atoms with E-state index in [0.717, 1.165) is 0 Å². The molecular formula is C2H2I3. The molecule has 0 aromatic heterocycles. The zero-order valence-corrected chi connectivity index (χ0v) is 8.81. The van der Waals surface area contributed by atoms with Crippen LogP contribution in [0.3, 0.4) is 0 Å². The van der Waals surface area contributed by atoms with Gasteiger partial charge in [0.1, 0.15) is -0.565 Å². The van der Waals surface area contributed by atoms with Crippen molar-refractivity contribution in [3.05, 3.63) is 6.92 Å². The fourth-order valence-electron chi connectivity index (χ4n) is 0. The zero-order chi connectivity index (χ0) is 4.50. The molecule has 1 radical (unpaired) electrons. The van der Waals surface area contributed by atoms with Crippen LogP contribution in [0.25, 0.3) is 0 Å². The normalized spacial score (nSPS) is 12.0. The van der Waals surface area contributed by atoms with E-state index in [1.165, 1.54) is 0 Å². The van der Waals surface area contributed by atoms with Crippen molar-refractivity contribution in [3.63, 3.8) is 0 Å². The second-order valence-corrected chi connectivity index (χ2v) is 12.3. The maximum atomic E-state index is 3.73. The smallest absolute Gasteiger partial charge is 0.0554 e. The Morgan fingerprint density at radius 3 is 1.20 bits per heavy atom. The Kier molecular flexibility index (Phi) is 3.57. The second-order valence-electron chi connectivity index (χ2n) is 0.615. The molecular weight excluding hydrogens is 405 g/mol. The Labute approximate surface area is 72.9 Å². The molecule has 0 aromatic rings. The minimum absolute atomic E-state index is 0.160. The van der Waals surface area contributed by atoms with E-state index in [0.29, 0.717) is 0 Å². The van der Waals surface area contributed by atoms with Crippen molar-refractivity contribution in [2.75, 3.05) is 0 Å². The van der Waals surface area contributed by atoms with Crippen LogP contribution in [-0.2, 0) is 0 Å². The summed E-state index contributed by atoms with van der Waals surface area (Å²) in [6.07, 6.45) is 0. The molecule has 0 aliphatic heterocycles. The monoisotopic (exact) mass is 407 g/mol. The van der Waals surface area contributed by atoms with E-state index in [9.17, 15) is 0 Å². The molecule has 3 heteroatoms. The first-order valence-corrected chi connectivity index (χ1v) is 4.16. The first kappa shape index (κ1) is 7.19. The molecule has 0 heterocycles. The summed E-state index contributed by atoms with van der Waals surface area (Å²) in [4.78, 5) is 0. The predicted molar refractivity (Wildman–Crippen MR) is 50.1 cm³/mol. The number of hydrogen-bond acceptors (Lipinski definition) is 0. The average molecular weight is 407 g/mol. The molecule has 0 spiro atoms. The Bertz CT molecular complexity index is 20.4. The Balaban J connectivity index is 3.02. The maximum absolute atomic E-state index is 3.73. The minimum Gasteiger partial charge on any atom is -0.0554 e. The van der Waals surface area contributed by atoms with Crippen molar-refractivity contribution in [1.29, 1.82) is 0 Å². The Hall–Kier alpha value is 2.19. The lowest BCUT2D eigenvalue weighted by Gasteiger charge is -1.96. The summed E-state index contributed by atoms with van der Waals surface area (Å²) in [5.74, 6) is 0. The highest BCUT2D eigenvalue weighted by molar-refractivity contribution is 14.3. The van der Waals surface area contributed by atoms with Gasteiger partial charge in [-0.25, -0.2) is 0 Å². The molecule has 0 N–H and O–H groups in total. The highest BCUT2D eigenvalue weighted by Gasteiger charge is 2.04. The molecule has 5 heavy (non-hydrogen) atoms. The van der Waals surface area contributed by atoms with Crippen LogP contribution < -0.4 is 0 Å². The van der Waals surface area contributed by atoms with Crippen LogP contribution in [0.5, 0.6) is 0 Å². The zero-order valence-electron chi connectivity index (χ0n) is 2.34. The van der Waals surface area contributed by atoms with Gasteiger partial charge in [0.25, 0.3) is 0 Å². The van der Waals surface area contributed by atoms with Crippen LogP contribution in [0.1, 0.15) is 0 Å². The van der Waals surface area contributed by atoms with Crippen LogP contribution in [0.15, 0.2) is 0 Å². The van der Waals surface area contributed by atoms with Crippen LogP contribution >= 0.6 is 67.8 Å². The van der Waals surface area contributed by atoms with Crippen LogP contribution in [-0.4, -0.2) is -0.565 Å². The van der Waals surface area contributed by atoms with Gasteiger partial charge in [-0.2, -0.15) is 0 Å². The van der Waals surface area contributed by atoms with Gasteiger partial charge in [-0.05, 0) is 6.92 Å². The van der Waals surface area contributed by atoms with Crippen molar-refractivity contribution < 1.29 is 0 Å². The third-order valence-corrected chi connectivity index (χ3v) is 0. The Morgan fingerprint density at radius 1 is 1.20 bits per heavy atom. The summed E-state index contributed by atoms with van der Waals surface area (Å²) >= 11 is 6.72.